The summed E-state index contributed by atoms with van der Waals surface area (Å²) in [4.78, 5) is 31.5. The SMILES string of the molecule is COC1CCN(C(=O)Nc2ccc(-c3ccc(=O)n(C(C)C)c3)c(-c3ccc(C)o3)n2)CC1. The van der Waals surface area contributed by atoms with Crippen molar-refractivity contribution in [1.82, 2.24) is 14.5 Å². The molecule has 1 aliphatic rings. The quantitative estimate of drug-likeness (QED) is 0.608. The van der Waals surface area contributed by atoms with Crippen molar-refractivity contribution in [3.63, 3.8) is 0 Å². The van der Waals surface area contributed by atoms with E-state index in [1.165, 1.54) is 0 Å². The first-order valence-electron chi connectivity index (χ1n) is 11.2. The van der Waals surface area contributed by atoms with Gasteiger partial charge in [0.15, 0.2) is 5.76 Å². The molecule has 0 radical (unpaired) electrons. The summed E-state index contributed by atoms with van der Waals surface area (Å²) in [5.74, 6) is 1.81. The first kappa shape index (κ1) is 22.8. The number of aryl methyl sites for hydroxylation is 1. The molecule has 3 aromatic rings. The molecule has 1 saturated heterocycles. The Morgan fingerprint density at radius 1 is 1.15 bits per heavy atom. The summed E-state index contributed by atoms with van der Waals surface area (Å²) in [6.45, 7) is 7.09. The third-order valence-electron chi connectivity index (χ3n) is 5.97. The maximum Gasteiger partial charge on any atom is 0.323 e. The third-order valence-corrected chi connectivity index (χ3v) is 5.97. The average Bonchev–Trinajstić information content (AvgIpc) is 3.25. The van der Waals surface area contributed by atoms with E-state index in [4.69, 9.17) is 14.1 Å². The minimum Gasteiger partial charge on any atom is -0.460 e. The van der Waals surface area contributed by atoms with Gasteiger partial charge < -0.3 is 18.6 Å². The number of carbonyl (C=O) groups is 1. The van der Waals surface area contributed by atoms with Gasteiger partial charge in [0.2, 0.25) is 0 Å². The van der Waals surface area contributed by atoms with Crippen LogP contribution in [0.25, 0.3) is 22.6 Å². The molecule has 0 aromatic carbocycles. The summed E-state index contributed by atoms with van der Waals surface area (Å²) >= 11 is 0. The van der Waals surface area contributed by atoms with E-state index in [2.05, 4.69) is 5.32 Å². The van der Waals surface area contributed by atoms with Crippen LogP contribution in [0.5, 0.6) is 0 Å². The van der Waals surface area contributed by atoms with Gasteiger partial charge in [-0.3, -0.25) is 10.1 Å². The highest BCUT2D eigenvalue weighted by Crippen LogP contribution is 2.33. The Hall–Kier alpha value is -3.39. The van der Waals surface area contributed by atoms with Gasteiger partial charge in [0.25, 0.3) is 5.56 Å². The van der Waals surface area contributed by atoms with Crippen LogP contribution in [-0.4, -0.2) is 46.8 Å². The Labute approximate surface area is 193 Å². The maximum atomic E-state index is 12.8. The van der Waals surface area contributed by atoms with E-state index in [-0.39, 0.29) is 23.7 Å². The number of nitrogens with one attached hydrogen (secondary N) is 1. The molecule has 2 amide bonds. The number of urea groups is 1. The molecule has 0 aliphatic carbocycles. The van der Waals surface area contributed by atoms with Crippen molar-refractivity contribution in [3.05, 3.63) is 58.7 Å². The molecule has 1 aliphatic heterocycles. The van der Waals surface area contributed by atoms with Gasteiger partial charge in [-0.15, -0.1) is 0 Å². The molecule has 0 atom stereocenters. The van der Waals surface area contributed by atoms with Crippen LogP contribution >= 0.6 is 0 Å². The standard InChI is InChI=1S/C25H30N4O4/c1-16(2)29-15-18(6-10-23(29)30)20-7-9-22(26-24(20)21-8-5-17(3)33-21)27-25(31)28-13-11-19(32-4)12-14-28/h5-10,15-16,19H,11-14H2,1-4H3,(H,26,27,31). The Kier molecular flexibility index (Phi) is 6.65. The molecule has 1 fully saturated rings. The summed E-state index contributed by atoms with van der Waals surface area (Å²) in [5.41, 5.74) is 2.21. The first-order chi connectivity index (χ1) is 15.9. The van der Waals surface area contributed by atoms with E-state index in [9.17, 15) is 9.59 Å². The molecule has 1 N–H and O–H groups in total. The number of amides is 2. The fourth-order valence-electron chi connectivity index (χ4n) is 4.06. The molecule has 33 heavy (non-hydrogen) atoms. The number of hydrogen-bond acceptors (Lipinski definition) is 5. The van der Waals surface area contributed by atoms with E-state index in [1.54, 1.807) is 34.8 Å². The van der Waals surface area contributed by atoms with E-state index in [1.807, 2.05) is 45.2 Å². The second kappa shape index (κ2) is 9.62. The Morgan fingerprint density at radius 3 is 2.55 bits per heavy atom. The van der Waals surface area contributed by atoms with Crippen LogP contribution in [0, 0.1) is 6.92 Å². The van der Waals surface area contributed by atoms with Crippen LogP contribution in [0.3, 0.4) is 0 Å². The number of hydrogen-bond donors (Lipinski definition) is 1. The fraction of sp³-hybridized carbons (Fsp3) is 0.400. The van der Waals surface area contributed by atoms with Crippen LogP contribution in [-0.2, 0) is 4.74 Å². The summed E-state index contributed by atoms with van der Waals surface area (Å²) in [5, 5.41) is 2.92. The van der Waals surface area contributed by atoms with Crippen LogP contribution in [0.4, 0.5) is 10.6 Å². The molecule has 0 bridgehead atoms. The van der Waals surface area contributed by atoms with Gasteiger partial charge in [0.05, 0.1) is 6.10 Å². The van der Waals surface area contributed by atoms with Crippen molar-refractivity contribution in [1.29, 1.82) is 0 Å². The lowest BCUT2D eigenvalue weighted by Gasteiger charge is -2.31. The lowest BCUT2D eigenvalue weighted by atomic mass is 10.0. The molecular formula is C25H30N4O4. The zero-order valence-corrected chi connectivity index (χ0v) is 19.5. The molecule has 0 saturated carbocycles. The third kappa shape index (κ3) is 5.01. The highest BCUT2D eigenvalue weighted by molar-refractivity contribution is 5.90. The number of carbonyl (C=O) groups excluding carboxylic acids is 1. The second-order valence-corrected chi connectivity index (χ2v) is 8.61. The van der Waals surface area contributed by atoms with Crippen molar-refractivity contribution in [2.24, 2.45) is 0 Å². The Bertz CT molecular complexity index is 1190. The number of rotatable bonds is 5. The lowest BCUT2D eigenvalue weighted by molar-refractivity contribution is 0.0521. The van der Waals surface area contributed by atoms with Gasteiger partial charge in [-0.1, -0.05) is 0 Å². The molecule has 8 heteroatoms. The number of ether oxygens (including phenoxy) is 1. The Morgan fingerprint density at radius 2 is 1.91 bits per heavy atom. The summed E-state index contributed by atoms with van der Waals surface area (Å²) < 4.78 is 12.9. The number of anilines is 1. The van der Waals surface area contributed by atoms with Gasteiger partial charge >= 0.3 is 6.03 Å². The molecule has 3 aromatic heterocycles. The van der Waals surface area contributed by atoms with E-state index in [0.717, 1.165) is 29.7 Å². The number of methoxy groups -OCH3 is 1. The van der Waals surface area contributed by atoms with Crippen LogP contribution in [0.2, 0.25) is 0 Å². The topological polar surface area (TPSA) is 89.6 Å². The maximum absolute atomic E-state index is 12.8. The summed E-state index contributed by atoms with van der Waals surface area (Å²) in [6.07, 6.45) is 3.67. The molecule has 8 nitrogen and oxygen atoms in total. The normalized spacial score (nSPS) is 14.6. The van der Waals surface area contributed by atoms with Gasteiger partial charge in [-0.2, -0.15) is 0 Å². The van der Waals surface area contributed by atoms with Gasteiger partial charge in [-0.25, -0.2) is 9.78 Å². The number of aromatic nitrogens is 2. The molecular weight excluding hydrogens is 420 g/mol. The first-order valence-corrected chi connectivity index (χ1v) is 11.2. The molecule has 174 valence electrons. The monoisotopic (exact) mass is 450 g/mol. The summed E-state index contributed by atoms with van der Waals surface area (Å²) in [7, 11) is 1.71. The van der Waals surface area contributed by atoms with Crippen LogP contribution < -0.4 is 10.9 Å². The zero-order valence-electron chi connectivity index (χ0n) is 19.5. The smallest absolute Gasteiger partial charge is 0.323 e. The zero-order chi connectivity index (χ0) is 23.5. The minimum absolute atomic E-state index is 0.0283. The molecule has 0 spiro atoms. The second-order valence-electron chi connectivity index (χ2n) is 8.61. The van der Waals surface area contributed by atoms with Crippen LogP contribution in [0.1, 0.15) is 38.5 Å². The molecule has 4 heterocycles. The number of piperidine rings is 1. The average molecular weight is 451 g/mol. The number of nitrogens with zero attached hydrogens (tertiary/aromatic N) is 3. The highest BCUT2D eigenvalue weighted by atomic mass is 16.5. The predicted octanol–water partition coefficient (Wildman–Crippen LogP) is 4.70. The molecule has 0 unspecified atom stereocenters. The van der Waals surface area contributed by atoms with E-state index in [0.29, 0.717) is 30.4 Å². The Balaban J connectivity index is 1.66. The minimum atomic E-state index is -0.181. The van der Waals surface area contributed by atoms with E-state index >= 15 is 0 Å². The van der Waals surface area contributed by atoms with Crippen molar-refractivity contribution in [2.75, 3.05) is 25.5 Å². The largest absolute Gasteiger partial charge is 0.460 e. The van der Waals surface area contributed by atoms with Crippen LogP contribution in [0.15, 0.2) is 51.8 Å². The molecule has 4 rings (SSSR count). The predicted molar refractivity (Wildman–Crippen MR) is 127 cm³/mol. The van der Waals surface area contributed by atoms with E-state index < -0.39 is 0 Å². The fourth-order valence-corrected chi connectivity index (χ4v) is 4.06. The number of pyridine rings is 2. The summed E-state index contributed by atoms with van der Waals surface area (Å²) in [6, 6.07) is 10.6. The van der Waals surface area contributed by atoms with Gasteiger partial charge in [-0.05, 0) is 63.9 Å². The number of furan rings is 1. The van der Waals surface area contributed by atoms with Crippen molar-refractivity contribution in [3.8, 4) is 22.6 Å². The van der Waals surface area contributed by atoms with Gasteiger partial charge in [0.1, 0.15) is 17.3 Å². The van der Waals surface area contributed by atoms with Gasteiger partial charge in [0, 0.05) is 49.6 Å². The number of likely N-dealkylation sites (tertiary alicyclic amines) is 1. The van der Waals surface area contributed by atoms with Crippen molar-refractivity contribution < 1.29 is 13.9 Å². The lowest BCUT2D eigenvalue weighted by Crippen LogP contribution is -2.42. The highest BCUT2D eigenvalue weighted by Gasteiger charge is 2.23. The van der Waals surface area contributed by atoms with Crippen molar-refractivity contribution in [2.45, 2.75) is 45.8 Å². The van der Waals surface area contributed by atoms with Crippen molar-refractivity contribution >= 4 is 11.8 Å².